The highest BCUT2D eigenvalue weighted by Gasteiger charge is 2.51. The minimum absolute atomic E-state index is 0.473. The Morgan fingerprint density at radius 2 is 0.825 bits per heavy atom. The van der Waals surface area contributed by atoms with Crippen LogP contribution in [0.15, 0.2) is 241 Å². The van der Waals surface area contributed by atoms with Gasteiger partial charge in [-0.1, -0.05) is 188 Å². The van der Waals surface area contributed by atoms with E-state index < -0.39 is 5.41 Å². The fourth-order valence-corrected chi connectivity index (χ4v) is 10.8. The third kappa shape index (κ3) is 5.25. The molecule has 0 amide bonds. The molecule has 0 atom stereocenters. The van der Waals surface area contributed by atoms with Gasteiger partial charge in [-0.05, 0) is 121 Å². The number of anilines is 3. The number of rotatable bonds is 6. The van der Waals surface area contributed by atoms with Gasteiger partial charge in [-0.25, -0.2) is 0 Å². The Kier molecular flexibility index (Phi) is 7.85. The van der Waals surface area contributed by atoms with Crippen molar-refractivity contribution in [2.45, 2.75) is 5.41 Å². The number of hydrogen-bond donors (Lipinski definition) is 0. The average molecular weight is 802 g/mol. The summed E-state index contributed by atoms with van der Waals surface area (Å²) in [5.74, 6) is 0. The van der Waals surface area contributed by atoms with E-state index in [0.717, 1.165) is 50.1 Å². The molecule has 2 aliphatic carbocycles. The summed E-state index contributed by atoms with van der Waals surface area (Å²) >= 11 is 0. The molecule has 0 aliphatic heterocycles. The van der Waals surface area contributed by atoms with Gasteiger partial charge in [-0.3, -0.25) is 0 Å². The van der Waals surface area contributed by atoms with Gasteiger partial charge in [0.15, 0.2) is 0 Å². The zero-order valence-corrected chi connectivity index (χ0v) is 34.4. The van der Waals surface area contributed by atoms with Crippen molar-refractivity contribution >= 4 is 39.0 Å². The molecule has 0 radical (unpaired) electrons. The Morgan fingerprint density at radius 3 is 1.57 bits per heavy atom. The van der Waals surface area contributed by atoms with Crippen molar-refractivity contribution in [2.75, 3.05) is 4.90 Å². The van der Waals surface area contributed by atoms with Gasteiger partial charge in [-0.15, -0.1) is 0 Å². The molecule has 11 aromatic rings. The molecule has 1 heterocycles. The van der Waals surface area contributed by atoms with E-state index >= 15 is 0 Å². The van der Waals surface area contributed by atoms with E-state index in [0.29, 0.717) is 0 Å². The van der Waals surface area contributed by atoms with Crippen LogP contribution in [0.1, 0.15) is 22.3 Å². The molecule has 0 saturated heterocycles. The highest BCUT2D eigenvalue weighted by molar-refractivity contribution is 6.14. The maximum absolute atomic E-state index is 6.44. The number of fused-ring (bicyclic) bond motifs is 13. The van der Waals surface area contributed by atoms with Crippen molar-refractivity contribution in [3.05, 3.63) is 259 Å². The van der Waals surface area contributed by atoms with Gasteiger partial charge >= 0.3 is 0 Å². The minimum Gasteiger partial charge on any atom is -0.456 e. The lowest BCUT2D eigenvalue weighted by Gasteiger charge is -2.32. The summed E-state index contributed by atoms with van der Waals surface area (Å²) in [5, 5.41) is 2.24. The smallest absolute Gasteiger partial charge is 0.136 e. The standard InChI is InChI=1S/C61H39NO/c1-3-16-40(17-4-1)42-30-33-44(34-31-42)62(57-27-13-9-22-49(57)50-24-15-29-59-60(50)51-23-10-14-28-58(51)63-59)45-35-37-55-52(39-45)48-36-32-43(41-18-5-2-6-19-41)38-56(48)61(55)53-25-11-7-20-46(53)47-21-8-12-26-54(47)61/h1-39H. The zero-order chi connectivity index (χ0) is 41.5. The zero-order valence-electron chi connectivity index (χ0n) is 34.4. The maximum Gasteiger partial charge on any atom is 0.136 e. The van der Waals surface area contributed by atoms with Crippen LogP contribution < -0.4 is 4.90 Å². The molecule has 294 valence electrons. The number of para-hydroxylation sites is 2. The van der Waals surface area contributed by atoms with Crippen LogP contribution in [0.5, 0.6) is 0 Å². The fraction of sp³-hybridized carbons (Fsp3) is 0.0164. The predicted octanol–water partition coefficient (Wildman–Crippen LogP) is 16.4. The number of benzene rings is 10. The van der Waals surface area contributed by atoms with Crippen LogP contribution in [0.4, 0.5) is 17.1 Å². The van der Waals surface area contributed by atoms with Gasteiger partial charge in [-0.2, -0.15) is 0 Å². The number of nitrogens with zero attached hydrogens (tertiary/aromatic N) is 1. The van der Waals surface area contributed by atoms with Crippen LogP contribution in [0.3, 0.4) is 0 Å². The molecule has 0 fully saturated rings. The molecule has 2 nitrogen and oxygen atoms in total. The van der Waals surface area contributed by atoms with Crippen molar-refractivity contribution < 1.29 is 4.42 Å². The minimum atomic E-state index is -0.473. The second-order valence-corrected chi connectivity index (χ2v) is 16.7. The molecular formula is C61H39NO. The van der Waals surface area contributed by atoms with E-state index in [1.54, 1.807) is 0 Å². The topological polar surface area (TPSA) is 16.4 Å². The van der Waals surface area contributed by atoms with Crippen molar-refractivity contribution in [1.29, 1.82) is 0 Å². The summed E-state index contributed by atoms with van der Waals surface area (Å²) in [7, 11) is 0. The van der Waals surface area contributed by atoms with Crippen molar-refractivity contribution in [1.82, 2.24) is 0 Å². The molecule has 13 rings (SSSR count). The summed E-state index contributed by atoms with van der Waals surface area (Å²) in [6.45, 7) is 0. The van der Waals surface area contributed by atoms with E-state index in [4.69, 9.17) is 4.42 Å². The van der Waals surface area contributed by atoms with Crippen molar-refractivity contribution in [2.24, 2.45) is 0 Å². The Morgan fingerprint density at radius 1 is 0.302 bits per heavy atom. The molecule has 1 aromatic heterocycles. The molecule has 63 heavy (non-hydrogen) atoms. The van der Waals surface area contributed by atoms with Crippen LogP contribution in [0.25, 0.3) is 77.6 Å². The van der Waals surface area contributed by atoms with Gasteiger partial charge < -0.3 is 9.32 Å². The lowest BCUT2D eigenvalue weighted by molar-refractivity contribution is 0.669. The first kappa shape index (κ1) is 35.5. The fourth-order valence-electron chi connectivity index (χ4n) is 10.8. The Labute approximate surface area is 366 Å². The monoisotopic (exact) mass is 801 g/mol. The Balaban J connectivity index is 1.07. The molecule has 2 heteroatoms. The molecule has 0 unspecified atom stereocenters. The van der Waals surface area contributed by atoms with E-state index in [-0.39, 0.29) is 0 Å². The van der Waals surface area contributed by atoms with Gasteiger partial charge in [0.1, 0.15) is 11.2 Å². The van der Waals surface area contributed by atoms with Crippen LogP contribution in [0, 0.1) is 0 Å². The third-order valence-corrected chi connectivity index (χ3v) is 13.5. The summed E-state index contributed by atoms with van der Waals surface area (Å²) in [4.78, 5) is 2.45. The largest absolute Gasteiger partial charge is 0.456 e. The Bertz CT molecular complexity index is 3520. The Hall–Kier alpha value is -8.20. The molecular weight excluding hydrogens is 763 g/mol. The maximum atomic E-state index is 6.44. The van der Waals surface area contributed by atoms with E-state index in [1.807, 2.05) is 6.07 Å². The quantitative estimate of drug-likeness (QED) is 0.167. The normalized spacial score (nSPS) is 12.9. The van der Waals surface area contributed by atoms with Gasteiger partial charge in [0.05, 0.1) is 11.1 Å². The summed E-state index contributed by atoms with van der Waals surface area (Å²) in [6, 6.07) is 86.6. The number of furan rings is 1. The summed E-state index contributed by atoms with van der Waals surface area (Å²) < 4.78 is 6.44. The van der Waals surface area contributed by atoms with Gasteiger partial charge in [0, 0.05) is 27.7 Å². The number of hydrogen-bond acceptors (Lipinski definition) is 2. The lowest BCUT2D eigenvalue weighted by atomic mass is 9.70. The van der Waals surface area contributed by atoms with Gasteiger partial charge in [0.2, 0.25) is 0 Å². The molecule has 0 N–H and O–H groups in total. The van der Waals surface area contributed by atoms with Crippen LogP contribution >= 0.6 is 0 Å². The first-order valence-electron chi connectivity index (χ1n) is 21.8. The highest BCUT2D eigenvalue weighted by atomic mass is 16.3. The molecule has 0 saturated carbocycles. The average Bonchev–Trinajstić information content (AvgIpc) is 3.99. The summed E-state index contributed by atoms with van der Waals surface area (Å²) in [6.07, 6.45) is 0. The SMILES string of the molecule is c1ccc(-c2ccc(N(c3ccc4c(c3)-c3ccc(-c5ccccc5)cc3C43c4ccccc4-c4ccccc43)c3ccccc3-c3cccc4oc5ccccc5c34)cc2)cc1. The second-order valence-electron chi connectivity index (χ2n) is 16.7. The molecule has 0 bridgehead atoms. The van der Waals surface area contributed by atoms with E-state index in [1.165, 1.54) is 66.8 Å². The first-order valence-corrected chi connectivity index (χ1v) is 21.8. The predicted molar refractivity (Wildman–Crippen MR) is 261 cm³/mol. The lowest BCUT2D eigenvalue weighted by Crippen LogP contribution is -2.26. The second kappa shape index (κ2) is 13.9. The third-order valence-electron chi connectivity index (χ3n) is 13.5. The van der Waals surface area contributed by atoms with Crippen LogP contribution in [-0.4, -0.2) is 0 Å². The van der Waals surface area contributed by atoms with Gasteiger partial charge in [0.25, 0.3) is 0 Å². The highest BCUT2D eigenvalue weighted by Crippen LogP contribution is 2.64. The first-order chi connectivity index (χ1) is 31.3. The van der Waals surface area contributed by atoms with Crippen molar-refractivity contribution in [3.8, 4) is 55.6 Å². The summed E-state index contributed by atoms with van der Waals surface area (Å²) in [5.41, 5.74) is 22.1. The van der Waals surface area contributed by atoms with Crippen LogP contribution in [0.2, 0.25) is 0 Å². The molecule has 1 spiro atoms. The van der Waals surface area contributed by atoms with E-state index in [9.17, 15) is 0 Å². The molecule has 2 aliphatic rings. The van der Waals surface area contributed by atoms with Crippen molar-refractivity contribution in [3.63, 3.8) is 0 Å². The molecule has 10 aromatic carbocycles. The van der Waals surface area contributed by atoms with Crippen LogP contribution in [-0.2, 0) is 5.41 Å². The van der Waals surface area contributed by atoms with E-state index in [2.05, 4.69) is 235 Å².